The predicted molar refractivity (Wildman–Crippen MR) is 149 cm³/mol. The van der Waals surface area contributed by atoms with Gasteiger partial charge in [-0.05, 0) is 43.7 Å². The van der Waals surface area contributed by atoms with Crippen LogP contribution in [-0.4, -0.2) is 47.4 Å². The number of ether oxygens (including phenoxy) is 1. The van der Waals surface area contributed by atoms with Gasteiger partial charge in [0, 0.05) is 29.2 Å². The molecule has 0 unspecified atom stereocenters. The molecule has 1 atom stereocenters. The van der Waals surface area contributed by atoms with E-state index in [1.807, 2.05) is 78.7 Å². The molecule has 0 spiro atoms. The molecular weight excluding hydrogens is 518 g/mol. The van der Waals surface area contributed by atoms with Crippen LogP contribution < -0.4 is 5.32 Å². The number of rotatable bonds is 7. The highest BCUT2D eigenvalue weighted by Crippen LogP contribution is 2.36. The fourth-order valence-electron chi connectivity index (χ4n) is 4.99. The summed E-state index contributed by atoms with van der Waals surface area (Å²) in [5.41, 5.74) is 4.25. The lowest BCUT2D eigenvalue weighted by Crippen LogP contribution is -2.61. The fraction of sp³-hybridized carbons (Fsp3) is 0.233. The van der Waals surface area contributed by atoms with Gasteiger partial charge >= 0.3 is 12.1 Å². The highest BCUT2D eigenvalue weighted by molar-refractivity contribution is 6.31. The first-order chi connectivity index (χ1) is 18.7. The summed E-state index contributed by atoms with van der Waals surface area (Å²) in [4.78, 5) is 26.6. The highest BCUT2D eigenvalue weighted by atomic mass is 35.5. The smallest absolute Gasteiger partial charge is 0.412 e. The van der Waals surface area contributed by atoms with Gasteiger partial charge in [0.15, 0.2) is 5.76 Å². The van der Waals surface area contributed by atoms with Crippen LogP contribution in [0.2, 0.25) is 5.02 Å². The number of likely N-dealkylation sites (N-methyl/N-ethyl adjacent to an activating group) is 1. The standard InChI is InChI=1S/C30H28ClN3O5/c1-18-26(32-29(37)38-19(2)24-6-4-5-7-25(24)31)27(39-33-18)22-10-8-20(9-11-22)21-12-14-23(15-13-21)30(28(35)36)16-34(3)17-30/h4-15,19H,16-17H2,1-3H3,(H,32,37)(H,35,36)/t19-/m1/s1. The summed E-state index contributed by atoms with van der Waals surface area (Å²) in [5, 5.41) is 17.1. The summed E-state index contributed by atoms with van der Waals surface area (Å²) >= 11 is 6.23. The van der Waals surface area contributed by atoms with Crippen LogP contribution in [0.5, 0.6) is 0 Å². The number of carbonyl (C=O) groups is 2. The molecule has 1 aromatic heterocycles. The van der Waals surface area contributed by atoms with Crippen LogP contribution in [-0.2, 0) is 14.9 Å². The number of hydrogen-bond donors (Lipinski definition) is 2. The van der Waals surface area contributed by atoms with Gasteiger partial charge in [-0.3, -0.25) is 10.1 Å². The maximum absolute atomic E-state index is 12.7. The predicted octanol–water partition coefficient (Wildman–Crippen LogP) is 6.55. The second-order valence-corrected chi connectivity index (χ2v) is 10.3. The van der Waals surface area contributed by atoms with Crippen LogP contribution in [0, 0.1) is 6.92 Å². The molecule has 1 aliphatic heterocycles. The Morgan fingerprint density at radius 1 is 1.03 bits per heavy atom. The second-order valence-electron chi connectivity index (χ2n) is 9.88. The molecule has 0 aliphatic carbocycles. The molecule has 1 fully saturated rings. The van der Waals surface area contributed by atoms with Crippen LogP contribution in [0.1, 0.15) is 29.8 Å². The number of carbonyl (C=O) groups excluding carboxylic acids is 1. The second kappa shape index (κ2) is 10.6. The zero-order chi connectivity index (χ0) is 27.7. The monoisotopic (exact) mass is 545 g/mol. The first kappa shape index (κ1) is 26.5. The molecule has 4 aromatic rings. The molecule has 1 amide bonds. The number of amides is 1. The lowest BCUT2D eigenvalue weighted by atomic mass is 9.74. The molecule has 8 nitrogen and oxygen atoms in total. The highest BCUT2D eigenvalue weighted by Gasteiger charge is 2.49. The summed E-state index contributed by atoms with van der Waals surface area (Å²) in [7, 11) is 1.91. The van der Waals surface area contributed by atoms with Crippen molar-refractivity contribution in [3.63, 3.8) is 0 Å². The lowest BCUT2D eigenvalue weighted by Gasteiger charge is -2.45. The summed E-state index contributed by atoms with van der Waals surface area (Å²) in [5.74, 6) is -0.388. The normalized spacial score (nSPS) is 15.3. The van der Waals surface area contributed by atoms with Gasteiger partial charge in [0.2, 0.25) is 0 Å². The molecule has 39 heavy (non-hydrogen) atoms. The molecule has 200 valence electrons. The Morgan fingerprint density at radius 3 is 2.21 bits per heavy atom. The first-order valence-corrected chi connectivity index (χ1v) is 12.9. The summed E-state index contributed by atoms with van der Waals surface area (Å²) in [6.07, 6.45) is -1.20. The number of aryl methyl sites for hydroxylation is 1. The van der Waals surface area contributed by atoms with E-state index in [4.69, 9.17) is 20.9 Å². The van der Waals surface area contributed by atoms with E-state index in [-0.39, 0.29) is 0 Å². The average molecular weight is 546 g/mol. The van der Waals surface area contributed by atoms with Gasteiger partial charge in [-0.1, -0.05) is 83.5 Å². The Balaban J connectivity index is 1.30. The number of carboxylic acids is 1. The van der Waals surface area contributed by atoms with Crippen molar-refractivity contribution < 1.29 is 24.0 Å². The topological polar surface area (TPSA) is 105 Å². The van der Waals surface area contributed by atoms with Crippen LogP contribution in [0.4, 0.5) is 10.5 Å². The van der Waals surface area contributed by atoms with E-state index >= 15 is 0 Å². The van der Waals surface area contributed by atoms with Crippen LogP contribution in [0.25, 0.3) is 22.5 Å². The van der Waals surface area contributed by atoms with Gasteiger partial charge in [0.25, 0.3) is 0 Å². The van der Waals surface area contributed by atoms with Crippen LogP contribution in [0.15, 0.2) is 77.3 Å². The summed E-state index contributed by atoms with van der Waals surface area (Å²) in [6, 6.07) is 22.5. The van der Waals surface area contributed by atoms with E-state index in [0.717, 1.165) is 22.3 Å². The van der Waals surface area contributed by atoms with Gasteiger partial charge in [-0.2, -0.15) is 0 Å². The third kappa shape index (κ3) is 5.13. The minimum absolute atomic E-state index is 0.411. The van der Waals surface area contributed by atoms with E-state index in [1.165, 1.54) is 0 Å². The zero-order valence-corrected chi connectivity index (χ0v) is 22.5. The Morgan fingerprint density at radius 2 is 1.62 bits per heavy atom. The SMILES string of the molecule is Cc1noc(-c2ccc(-c3ccc(C4(C(=O)O)CN(C)C4)cc3)cc2)c1NC(=O)O[C@H](C)c1ccccc1Cl. The first-order valence-electron chi connectivity index (χ1n) is 12.5. The van der Waals surface area contributed by atoms with Gasteiger partial charge < -0.3 is 19.3 Å². The van der Waals surface area contributed by atoms with Gasteiger partial charge in [-0.25, -0.2) is 4.79 Å². The maximum Gasteiger partial charge on any atom is 0.412 e. The van der Waals surface area contributed by atoms with Crippen molar-refractivity contribution in [1.82, 2.24) is 10.1 Å². The summed E-state index contributed by atoms with van der Waals surface area (Å²) < 4.78 is 11.1. The van der Waals surface area contributed by atoms with Crippen LogP contribution in [0.3, 0.4) is 0 Å². The number of aliphatic carboxylic acids is 1. The van der Waals surface area contributed by atoms with Crippen molar-refractivity contribution in [2.24, 2.45) is 0 Å². The zero-order valence-electron chi connectivity index (χ0n) is 21.8. The van der Waals surface area contributed by atoms with Crippen molar-refractivity contribution >= 4 is 29.4 Å². The average Bonchev–Trinajstić information content (AvgIpc) is 3.26. The van der Waals surface area contributed by atoms with Crippen molar-refractivity contribution in [3.05, 3.63) is 94.6 Å². The number of anilines is 1. The third-order valence-electron chi connectivity index (χ3n) is 7.12. The molecule has 0 saturated carbocycles. The Kier molecular flexibility index (Phi) is 7.16. The van der Waals surface area contributed by atoms with E-state index in [1.54, 1.807) is 19.9 Å². The molecule has 2 heterocycles. The van der Waals surface area contributed by atoms with E-state index in [9.17, 15) is 14.7 Å². The van der Waals surface area contributed by atoms with Gasteiger partial charge in [0.05, 0.1) is 0 Å². The van der Waals surface area contributed by atoms with E-state index in [0.29, 0.717) is 40.8 Å². The number of likely N-dealkylation sites (tertiary alicyclic amines) is 1. The fourth-order valence-corrected chi connectivity index (χ4v) is 5.28. The van der Waals surface area contributed by atoms with Crippen LogP contribution >= 0.6 is 11.6 Å². The quantitative estimate of drug-likeness (QED) is 0.271. The van der Waals surface area contributed by atoms with Crippen molar-refractivity contribution in [2.75, 3.05) is 25.5 Å². The largest absolute Gasteiger partial charge is 0.481 e. The molecular formula is C30H28ClN3O5. The maximum atomic E-state index is 12.7. The molecule has 9 heteroatoms. The minimum Gasteiger partial charge on any atom is -0.481 e. The molecule has 1 saturated heterocycles. The summed E-state index contributed by atoms with van der Waals surface area (Å²) in [6.45, 7) is 4.48. The Hall–Kier alpha value is -4.14. The van der Waals surface area contributed by atoms with E-state index < -0.39 is 23.6 Å². The molecule has 0 radical (unpaired) electrons. The Bertz CT molecular complexity index is 1510. The van der Waals surface area contributed by atoms with Gasteiger partial charge in [-0.15, -0.1) is 0 Å². The number of nitrogens with zero attached hydrogens (tertiary/aromatic N) is 2. The number of hydrogen-bond acceptors (Lipinski definition) is 6. The molecule has 3 aromatic carbocycles. The number of aromatic nitrogens is 1. The van der Waals surface area contributed by atoms with E-state index in [2.05, 4.69) is 10.5 Å². The molecule has 5 rings (SSSR count). The minimum atomic E-state index is -0.850. The van der Waals surface area contributed by atoms with Crippen molar-refractivity contribution in [2.45, 2.75) is 25.4 Å². The van der Waals surface area contributed by atoms with Crippen molar-refractivity contribution in [1.29, 1.82) is 0 Å². The number of nitrogens with one attached hydrogen (secondary N) is 1. The number of benzene rings is 3. The van der Waals surface area contributed by atoms with Gasteiger partial charge in [0.1, 0.15) is 22.9 Å². The Labute approximate surface area is 231 Å². The lowest BCUT2D eigenvalue weighted by molar-refractivity contribution is -0.150. The number of halogens is 1. The molecule has 2 N–H and O–H groups in total. The van der Waals surface area contributed by atoms with Crippen molar-refractivity contribution in [3.8, 4) is 22.5 Å². The molecule has 0 bridgehead atoms. The third-order valence-corrected chi connectivity index (χ3v) is 7.47. The molecule has 1 aliphatic rings. The number of carboxylic acid groups (broad SMARTS) is 1.